The lowest BCUT2D eigenvalue weighted by Crippen LogP contribution is -2.42. The summed E-state index contributed by atoms with van der Waals surface area (Å²) in [6.07, 6.45) is 0. The first kappa shape index (κ1) is 19.5. The van der Waals surface area contributed by atoms with Crippen LogP contribution in [-0.4, -0.2) is 24.4 Å². The zero-order valence-electron chi connectivity index (χ0n) is 14.0. The molecule has 6 nitrogen and oxygen atoms in total. The van der Waals surface area contributed by atoms with Crippen molar-refractivity contribution in [3.8, 4) is 0 Å². The molecule has 0 aliphatic carbocycles. The van der Waals surface area contributed by atoms with Gasteiger partial charge in [0.05, 0.1) is 5.56 Å². The van der Waals surface area contributed by atoms with Crippen molar-refractivity contribution < 1.29 is 23.5 Å². The van der Waals surface area contributed by atoms with Gasteiger partial charge in [0.15, 0.2) is 6.61 Å². The molecule has 0 bridgehead atoms. The number of halogens is 1. The second kappa shape index (κ2) is 9.57. The molecule has 136 valence electrons. The van der Waals surface area contributed by atoms with E-state index in [0.717, 1.165) is 0 Å². The van der Waals surface area contributed by atoms with Crippen molar-refractivity contribution in [3.05, 3.63) is 65.5 Å². The number of ether oxygens (including phenoxy) is 1. The van der Waals surface area contributed by atoms with E-state index in [1.165, 1.54) is 24.8 Å². The molecule has 0 radical (unpaired) electrons. The number of esters is 1. The van der Waals surface area contributed by atoms with Gasteiger partial charge in [0.2, 0.25) is 5.91 Å². The fraction of sp³-hybridized carbons (Fsp3) is 0.167. The first-order valence-corrected chi connectivity index (χ1v) is 8.63. The van der Waals surface area contributed by atoms with Crippen molar-refractivity contribution >= 4 is 29.5 Å². The Morgan fingerprint density at radius 3 is 2.46 bits per heavy atom. The van der Waals surface area contributed by atoms with Gasteiger partial charge < -0.3 is 4.74 Å². The molecule has 0 unspecified atom stereocenters. The highest BCUT2D eigenvalue weighted by Gasteiger charge is 2.15. The molecular formula is C18H17FN2O4S. The fourth-order valence-electron chi connectivity index (χ4n) is 1.93. The third-order valence-electron chi connectivity index (χ3n) is 3.16. The average Bonchev–Trinajstić information content (AvgIpc) is 2.64. The Labute approximate surface area is 154 Å². The van der Waals surface area contributed by atoms with Crippen LogP contribution in [0.5, 0.6) is 0 Å². The quantitative estimate of drug-likeness (QED) is 0.460. The van der Waals surface area contributed by atoms with Crippen molar-refractivity contribution in [1.29, 1.82) is 0 Å². The summed E-state index contributed by atoms with van der Waals surface area (Å²) in [5.41, 5.74) is 4.99. The molecule has 2 rings (SSSR count). The Balaban J connectivity index is 1.97. The molecule has 0 aliphatic heterocycles. The number of hydrogen-bond acceptors (Lipinski definition) is 5. The highest BCUT2D eigenvalue weighted by Crippen LogP contribution is 2.27. The molecule has 0 aliphatic rings. The molecule has 0 heterocycles. The SMILES string of the molecule is CC(=O)NNC(=O)COC(=O)c1ccccc1SCc1ccccc1F. The molecule has 8 heteroatoms. The summed E-state index contributed by atoms with van der Waals surface area (Å²) in [6.45, 7) is 0.695. The Morgan fingerprint density at radius 2 is 1.73 bits per heavy atom. The highest BCUT2D eigenvalue weighted by molar-refractivity contribution is 7.98. The Morgan fingerprint density at radius 1 is 1.04 bits per heavy atom. The lowest BCUT2D eigenvalue weighted by molar-refractivity contribution is -0.129. The van der Waals surface area contributed by atoms with Crippen molar-refractivity contribution in [2.24, 2.45) is 0 Å². The summed E-state index contributed by atoms with van der Waals surface area (Å²) in [6, 6.07) is 13.1. The number of carbonyl (C=O) groups excluding carboxylic acids is 3. The van der Waals surface area contributed by atoms with E-state index in [1.54, 1.807) is 42.5 Å². The molecule has 0 spiro atoms. The van der Waals surface area contributed by atoms with E-state index < -0.39 is 24.4 Å². The van der Waals surface area contributed by atoms with E-state index in [4.69, 9.17) is 4.74 Å². The van der Waals surface area contributed by atoms with E-state index >= 15 is 0 Å². The number of rotatable bonds is 6. The second-order valence-electron chi connectivity index (χ2n) is 5.18. The second-order valence-corrected chi connectivity index (χ2v) is 6.20. The Kier molecular flexibility index (Phi) is 7.16. The van der Waals surface area contributed by atoms with Crippen LogP contribution in [0.2, 0.25) is 0 Å². The van der Waals surface area contributed by atoms with Crippen LogP contribution >= 0.6 is 11.8 Å². The first-order chi connectivity index (χ1) is 12.5. The third kappa shape index (κ3) is 5.89. The largest absolute Gasteiger partial charge is 0.452 e. The van der Waals surface area contributed by atoms with E-state index in [1.807, 2.05) is 0 Å². The molecule has 0 atom stereocenters. The van der Waals surface area contributed by atoms with Gasteiger partial charge in [-0.15, -0.1) is 11.8 Å². The fourth-order valence-corrected chi connectivity index (χ4v) is 2.96. The number of thioether (sulfide) groups is 1. The third-order valence-corrected chi connectivity index (χ3v) is 4.28. The summed E-state index contributed by atoms with van der Waals surface area (Å²) in [5.74, 6) is -1.75. The maximum atomic E-state index is 13.7. The predicted octanol–water partition coefficient (Wildman–Crippen LogP) is 2.44. The number of nitrogens with one attached hydrogen (secondary N) is 2. The molecule has 2 aromatic carbocycles. The van der Waals surface area contributed by atoms with Gasteiger partial charge in [-0.2, -0.15) is 0 Å². The molecule has 2 aromatic rings. The summed E-state index contributed by atoms with van der Waals surface area (Å²) in [5, 5.41) is 0. The number of benzene rings is 2. The summed E-state index contributed by atoms with van der Waals surface area (Å²) in [7, 11) is 0. The van der Waals surface area contributed by atoms with Crippen molar-refractivity contribution in [3.63, 3.8) is 0 Å². The maximum absolute atomic E-state index is 13.7. The minimum atomic E-state index is -0.681. The minimum absolute atomic E-state index is 0.279. The standard InChI is InChI=1S/C18H17FN2O4S/c1-12(22)20-21-17(23)10-25-18(24)14-7-3-5-9-16(14)26-11-13-6-2-4-8-15(13)19/h2-9H,10-11H2,1H3,(H,20,22)(H,21,23). The van der Waals surface area contributed by atoms with E-state index in [9.17, 15) is 18.8 Å². The van der Waals surface area contributed by atoms with Gasteiger partial charge in [0, 0.05) is 17.6 Å². The Bertz CT molecular complexity index is 813. The normalized spacial score (nSPS) is 10.1. The predicted molar refractivity (Wildman–Crippen MR) is 94.6 cm³/mol. The number of hydrogen-bond donors (Lipinski definition) is 2. The van der Waals surface area contributed by atoms with Crippen molar-refractivity contribution in [1.82, 2.24) is 10.9 Å². The minimum Gasteiger partial charge on any atom is -0.452 e. The topological polar surface area (TPSA) is 84.5 Å². The van der Waals surface area contributed by atoms with Gasteiger partial charge in [0.1, 0.15) is 5.82 Å². The van der Waals surface area contributed by atoms with Gasteiger partial charge in [-0.25, -0.2) is 9.18 Å². The van der Waals surface area contributed by atoms with Crippen LogP contribution in [0.1, 0.15) is 22.8 Å². The summed E-state index contributed by atoms with van der Waals surface area (Å²) < 4.78 is 18.7. The zero-order valence-corrected chi connectivity index (χ0v) is 14.8. The van der Waals surface area contributed by atoms with E-state index in [-0.39, 0.29) is 11.4 Å². The van der Waals surface area contributed by atoms with Gasteiger partial charge >= 0.3 is 5.97 Å². The van der Waals surface area contributed by atoms with Crippen LogP contribution < -0.4 is 10.9 Å². The number of amides is 2. The van der Waals surface area contributed by atoms with Crippen LogP contribution in [0.3, 0.4) is 0 Å². The van der Waals surface area contributed by atoms with E-state index in [2.05, 4.69) is 10.9 Å². The first-order valence-electron chi connectivity index (χ1n) is 7.65. The van der Waals surface area contributed by atoms with Crippen LogP contribution in [0.15, 0.2) is 53.4 Å². The van der Waals surface area contributed by atoms with Gasteiger partial charge in [-0.05, 0) is 23.8 Å². The van der Waals surface area contributed by atoms with Gasteiger partial charge in [-0.3, -0.25) is 20.4 Å². The highest BCUT2D eigenvalue weighted by atomic mass is 32.2. The summed E-state index contributed by atoms with van der Waals surface area (Å²) in [4.78, 5) is 35.0. The van der Waals surface area contributed by atoms with Gasteiger partial charge in [0.25, 0.3) is 5.91 Å². The number of carbonyl (C=O) groups is 3. The van der Waals surface area contributed by atoms with Crippen molar-refractivity contribution in [2.75, 3.05) is 6.61 Å². The molecule has 0 aromatic heterocycles. The zero-order chi connectivity index (χ0) is 18.9. The lowest BCUT2D eigenvalue weighted by atomic mass is 10.2. The smallest absolute Gasteiger partial charge is 0.339 e. The average molecular weight is 376 g/mol. The molecular weight excluding hydrogens is 359 g/mol. The molecule has 2 amide bonds. The lowest BCUT2D eigenvalue weighted by Gasteiger charge is -2.10. The molecule has 0 fully saturated rings. The van der Waals surface area contributed by atoms with E-state index in [0.29, 0.717) is 16.2 Å². The Hall–Kier alpha value is -2.87. The van der Waals surface area contributed by atoms with Crippen LogP contribution in [0.4, 0.5) is 4.39 Å². The molecule has 0 saturated carbocycles. The molecule has 0 saturated heterocycles. The van der Waals surface area contributed by atoms with Crippen LogP contribution in [0, 0.1) is 5.82 Å². The van der Waals surface area contributed by atoms with Crippen LogP contribution in [-0.2, 0) is 20.1 Å². The van der Waals surface area contributed by atoms with Gasteiger partial charge in [-0.1, -0.05) is 30.3 Å². The monoisotopic (exact) mass is 376 g/mol. The molecule has 26 heavy (non-hydrogen) atoms. The van der Waals surface area contributed by atoms with Crippen molar-refractivity contribution in [2.45, 2.75) is 17.6 Å². The number of hydrazine groups is 1. The van der Waals surface area contributed by atoms with Crippen LogP contribution in [0.25, 0.3) is 0 Å². The maximum Gasteiger partial charge on any atom is 0.339 e. The summed E-state index contributed by atoms with van der Waals surface area (Å²) >= 11 is 1.29. The molecule has 2 N–H and O–H groups in total.